The molecule has 3 aliphatic heterocycles. The first-order valence-electron chi connectivity index (χ1n) is 15.6. The Morgan fingerprint density at radius 3 is 2.26 bits per heavy atom. The maximum absolute atomic E-state index is 14.0. The van der Waals surface area contributed by atoms with Gasteiger partial charge in [0.05, 0.1) is 11.3 Å². The van der Waals surface area contributed by atoms with E-state index in [0.29, 0.717) is 23.1 Å². The number of alkyl halides is 6. The van der Waals surface area contributed by atoms with Gasteiger partial charge in [0.1, 0.15) is 35.1 Å². The summed E-state index contributed by atoms with van der Waals surface area (Å²) in [7, 11) is 1.49. The zero-order chi connectivity index (χ0) is 35.2. The van der Waals surface area contributed by atoms with Gasteiger partial charge in [-0.2, -0.15) is 36.3 Å². The number of nitrogens with one attached hydrogen (secondary N) is 2. The summed E-state index contributed by atoms with van der Waals surface area (Å²) in [6.07, 6.45) is -8.68. The van der Waals surface area contributed by atoms with Crippen LogP contribution in [0.15, 0.2) is 82.8 Å². The number of aliphatic imine (C=N–C) groups is 2. The van der Waals surface area contributed by atoms with Crippen molar-refractivity contribution in [3.63, 3.8) is 0 Å². The predicted octanol–water partition coefficient (Wildman–Crippen LogP) is 5.61. The number of carbonyl (C=O) groups excluding carboxylic acids is 2. The number of aromatic nitrogens is 1. The average Bonchev–Trinajstić information content (AvgIpc) is 3.68. The highest BCUT2D eigenvalue weighted by atomic mass is 19.4. The molecule has 0 fully saturated rings. The van der Waals surface area contributed by atoms with Crippen molar-refractivity contribution in [3.8, 4) is 5.75 Å². The van der Waals surface area contributed by atoms with Crippen LogP contribution in [0.1, 0.15) is 62.3 Å². The quantitative estimate of drug-likeness (QED) is 0.265. The zero-order valence-corrected chi connectivity index (χ0v) is 26.1. The van der Waals surface area contributed by atoms with Gasteiger partial charge in [-0.15, -0.1) is 0 Å². The number of hydrogen-bond donors (Lipinski definition) is 2. The Morgan fingerprint density at radius 2 is 1.50 bits per heavy atom. The second kappa shape index (κ2) is 10.7. The topological polar surface area (TPSA) is 105 Å². The molecule has 4 aromatic rings. The van der Waals surface area contributed by atoms with Crippen LogP contribution in [0.5, 0.6) is 5.75 Å². The van der Waals surface area contributed by atoms with Gasteiger partial charge in [0.15, 0.2) is 5.41 Å². The highest BCUT2D eigenvalue weighted by Gasteiger charge is 2.55. The van der Waals surface area contributed by atoms with Crippen LogP contribution in [0.25, 0.3) is 0 Å². The van der Waals surface area contributed by atoms with E-state index in [9.17, 15) is 35.9 Å². The van der Waals surface area contributed by atoms with Crippen LogP contribution >= 0.6 is 0 Å². The number of aryl methyl sites for hydroxylation is 1. The molecule has 4 heterocycles. The second-order valence-electron chi connectivity index (χ2n) is 12.5. The molecule has 2 amide bonds. The number of amidine groups is 2. The summed E-state index contributed by atoms with van der Waals surface area (Å²) in [5.41, 5.74) is -2.44. The maximum Gasteiger partial charge on any atom is 0.433 e. The molecule has 8 rings (SSSR count). The van der Waals surface area contributed by atoms with Crippen LogP contribution in [0.4, 0.5) is 26.3 Å². The fraction of sp³-hybridized carbons (Fsp3) is 0.250. The number of halogens is 6. The molecule has 0 saturated carbocycles. The van der Waals surface area contributed by atoms with Crippen molar-refractivity contribution in [2.24, 2.45) is 9.98 Å². The normalized spacial score (nSPS) is 22.0. The number of ether oxygens (including phenoxy) is 1. The Bertz CT molecular complexity index is 2210. The van der Waals surface area contributed by atoms with E-state index in [2.05, 4.69) is 25.6 Å². The Labute approximate surface area is 280 Å². The van der Waals surface area contributed by atoms with Gasteiger partial charge < -0.3 is 15.4 Å². The number of nitrogens with zero attached hydrogens (tertiary/aromatic N) is 3. The van der Waals surface area contributed by atoms with Crippen molar-refractivity contribution in [1.82, 2.24) is 15.6 Å². The van der Waals surface area contributed by atoms with E-state index in [-0.39, 0.29) is 59.4 Å². The summed E-state index contributed by atoms with van der Waals surface area (Å²) in [6.45, 7) is -0.429. The van der Waals surface area contributed by atoms with Gasteiger partial charge in [-0.25, -0.2) is 4.98 Å². The fourth-order valence-corrected chi connectivity index (χ4v) is 7.62. The van der Waals surface area contributed by atoms with E-state index >= 15 is 0 Å². The number of hydrogen-bond acceptors (Lipinski definition) is 6. The number of carbonyl (C=O) groups is 2. The number of rotatable bonds is 2. The fourth-order valence-electron chi connectivity index (χ4n) is 7.62. The van der Waals surface area contributed by atoms with E-state index in [0.717, 1.165) is 23.8 Å². The Morgan fingerprint density at radius 1 is 0.780 bits per heavy atom. The van der Waals surface area contributed by atoms with Crippen LogP contribution in [-0.2, 0) is 45.7 Å². The van der Waals surface area contributed by atoms with Crippen molar-refractivity contribution in [3.05, 3.63) is 129 Å². The predicted molar refractivity (Wildman–Crippen MR) is 168 cm³/mol. The van der Waals surface area contributed by atoms with Crippen molar-refractivity contribution >= 4 is 23.5 Å². The first-order chi connectivity index (χ1) is 23.8. The molecule has 2 N–H and O–H groups in total. The van der Waals surface area contributed by atoms with Gasteiger partial charge >= 0.3 is 12.4 Å². The van der Waals surface area contributed by atoms with Crippen molar-refractivity contribution < 1.29 is 40.7 Å². The average molecular weight is 690 g/mol. The van der Waals surface area contributed by atoms with Gasteiger partial charge in [0, 0.05) is 35.8 Å². The molecule has 0 radical (unpaired) electrons. The molecule has 8 nitrogen and oxygen atoms in total. The lowest BCUT2D eigenvalue weighted by Crippen LogP contribution is -2.45. The highest BCUT2D eigenvalue weighted by molar-refractivity contribution is 6.15. The summed E-state index contributed by atoms with van der Waals surface area (Å²) in [5.74, 6) is -1.03. The van der Waals surface area contributed by atoms with Gasteiger partial charge in [0.2, 0.25) is 0 Å². The summed E-state index contributed by atoms with van der Waals surface area (Å²) < 4.78 is 89.4. The Balaban J connectivity index is 1.19. The number of benzene rings is 3. The van der Waals surface area contributed by atoms with E-state index in [1.807, 2.05) is 12.1 Å². The van der Waals surface area contributed by atoms with E-state index < -0.39 is 46.3 Å². The Hall–Kier alpha value is -5.53. The van der Waals surface area contributed by atoms with E-state index in [4.69, 9.17) is 4.74 Å². The lowest BCUT2D eigenvalue weighted by Gasteiger charge is -2.34. The maximum atomic E-state index is 14.0. The van der Waals surface area contributed by atoms with Crippen molar-refractivity contribution in [1.29, 1.82) is 0 Å². The molecule has 50 heavy (non-hydrogen) atoms. The summed E-state index contributed by atoms with van der Waals surface area (Å²) in [5, 5.41) is 5.84. The summed E-state index contributed by atoms with van der Waals surface area (Å²) in [4.78, 5) is 40.1. The molecule has 3 aromatic carbocycles. The highest BCUT2D eigenvalue weighted by Crippen LogP contribution is 2.51. The summed E-state index contributed by atoms with van der Waals surface area (Å²) in [6, 6.07) is 17.3. The zero-order valence-electron chi connectivity index (χ0n) is 26.1. The Kier molecular flexibility index (Phi) is 6.81. The van der Waals surface area contributed by atoms with Gasteiger partial charge in [-0.3, -0.25) is 9.59 Å². The minimum atomic E-state index is -4.78. The largest absolute Gasteiger partial charge is 0.491 e. The number of amides is 2. The SMILES string of the molecule is CNC1=NC(=O)C2(COc3c(CNC4=NC(=O)C5(CCc6ccccc65)c5cc(C(F)(F)F)ccc54)cccc32)c2nc(C(F)(F)F)ccc21. The third-order valence-corrected chi connectivity index (χ3v) is 9.98. The standard InChI is InChI=1S/C36H25F6N5O3/c1-43-29-22-11-12-26(36(40,41)42)45-28(22)34(32(49)46-29)17-50-27-19(6-4-8-24(27)34)16-44-30-21-10-9-20(35(37,38)39)15-25(21)33(31(48)47-30)14-13-18-5-2-3-7-23(18)33/h2-12,15H,13-14,16-17H2,1H3,(H,43,46,49)(H,44,47,48). The molecule has 2 atom stereocenters. The second-order valence-corrected chi connectivity index (χ2v) is 12.5. The molecule has 14 heteroatoms. The molecule has 254 valence electrons. The number of para-hydroxylation sites is 1. The molecular formula is C36H25F6N5O3. The molecule has 4 aliphatic rings. The van der Waals surface area contributed by atoms with Crippen LogP contribution < -0.4 is 15.4 Å². The minimum Gasteiger partial charge on any atom is -0.491 e. The van der Waals surface area contributed by atoms with Crippen molar-refractivity contribution in [2.45, 2.75) is 42.6 Å². The van der Waals surface area contributed by atoms with E-state index in [1.54, 1.807) is 30.3 Å². The number of pyridine rings is 1. The monoisotopic (exact) mass is 689 g/mol. The molecular weight excluding hydrogens is 664 g/mol. The van der Waals surface area contributed by atoms with Gasteiger partial charge in [-0.1, -0.05) is 48.5 Å². The van der Waals surface area contributed by atoms with Crippen molar-refractivity contribution in [2.75, 3.05) is 13.7 Å². The van der Waals surface area contributed by atoms with Crippen LogP contribution in [0, 0.1) is 0 Å². The minimum absolute atomic E-state index is 0.0536. The van der Waals surface area contributed by atoms with E-state index in [1.165, 1.54) is 19.2 Å². The van der Waals surface area contributed by atoms with Crippen LogP contribution in [0.2, 0.25) is 0 Å². The molecule has 1 aliphatic carbocycles. The lowest BCUT2D eigenvalue weighted by atomic mass is 9.71. The third-order valence-electron chi connectivity index (χ3n) is 9.98. The van der Waals surface area contributed by atoms with Gasteiger partial charge in [-0.05, 0) is 53.8 Å². The molecule has 1 aromatic heterocycles. The van der Waals surface area contributed by atoms with Crippen LogP contribution in [-0.4, -0.2) is 42.1 Å². The van der Waals surface area contributed by atoms with Crippen LogP contribution in [0.3, 0.4) is 0 Å². The first-order valence-corrected chi connectivity index (χ1v) is 15.6. The molecule has 0 bridgehead atoms. The van der Waals surface area contributed by atoms with Gasteiger partial charge in [0.25, 0.3) is 11.8 Å². The molecule has 0 saturated heterocycles. The molecule has 2 spiro atoms. The molecule has 2 unspecified atom stereocenters. The third kappa shape index (κ3) is 4.43. The first kappa shape index (κ1) is 31.7. The summed E-state index contributed by atoms with van der Waals surface area (Å²) >= 11 is 0. The smallest absolute Gasteiger partial charge is 0.433 e. The lowest BCUT2D eigenvalue weighted by molar-refractivity contribution is -0.141. The number of fused-ring (bicyclic) bond motifs is 8.